The van der Waals surface area contributed by atoms with Gasteiger partial charge in [0.05, 0.1) is 6.04 Å². The van der Waals surface area contributed by atoms with Crippen molar-refractivity contribution >= 4 is 0 Å². The Bertz CT molecular complexity index is 468. The Balaban J connectivity index is 2.29. The van der Waals surface area contributed by atoms with E-state index in [4.69, 9.17) is 15.0 Å². The van der Waals surface area contributed by atoms with Gasteiger partial charge in [-0.25, -0.2) is 0 Å². The van der Waals surface area contributed by atoms with Gasteiger partial charge in [-0.15, -0.1) is 0 Å². The fourth-order valence-electron chi connectivity index (χ4n) is 1.56. The lowest BCUT2D eigenvalue weighted by atomic mass is 10.1. The Morgan fingerprint density at radius 1 is 1.29 bits per heavy atom. The van der Waals surface area contributed by atoms with Gasteiger partial charge in [0.1, 0.15) is 6.10 Å². The van der Waals surface area contributed by atoms with Crippen molar-refractivity contribution in [1.82, 2.24) is 10.1 Å². The second-order valence-corrected chi connectivity index (χ2v) is 3.81. The summed E-state index contributed by atoms with van der Waals surface area (Å²) in [5.41, 5.74) is 6.65. The standard InChI is InChI=1S/C12H15N3O2/c1-8(13)12-14-11(15-17-12)10(16-2)9-6-4-3-5-7-9/h3-8,10H,13H2,1-2H3. The molecule has 0 aliphatic carbocycles. The number of nitrogens with zero attached hydrogens (tertiary/aromatic N) is 2. The molecule has 0 saturated carbocycles. The first-order chi connectivity index (χ1) is 8.22. The first-order valence-corrected chi connectivity index (χ1v) is 5.39. The molecule has 0 saturated heterocycles. The fraction of sp³-hybridized carbons (Fsp3) is 0.333. The number of ether oxygens (including phenoxy) is 1. The predicted octanol–water partition coefficient (Wildman–Crippen LogP) is 1.83. The predicted molar refractivity (Wildman–Crippen MR) is 62.2 cm³/mol. The molecule has 5 nitrogen and oxygen atoms in total. The fourth-order valence-corrected chi connectivity index (χ4v) is 1.56. The minimum Gasteiger partial charge on any atom is -0.369 e. The van der Waals surface area contributed by atoms with E-state index in [0.717, 1.165) is 5.56 Å². The first kappa shape index (κ1) is 11.8. The van der Waals surface area contributed by atoms with Crippen LogP contribution in [0, 0.1) is 0 Å². The molecular formula is C12H15N3O2. The van der Waals surface area contributed by atoms with Gasteiger partial charge < -0.3 is 15.0 Å². The molecule has 0 fully saturated rings. The van der Waals surface area contributed by atoms with E-state index >= 15 is 0 Å². The van der Waals surface area contributed by atoms with Gasteiger partial charge in [0.15, 0.2) is 0 Å². The highest BCUT2D eigenvalue weighted by Gasteiger charge is 2.20. The molecule has 0 spiro atoms. The molecule has 2 aromatic rings. The van der Waals surface area contributed by atoms with Gasteiger partial charge in [-0.05, 0) is 12.5 Å². The van der Waals surface area contributed by atoms with Crippen molar-refractivity contribution in [3.63, 3.8) is 0 Å². The summed E-state index contributed by atoms with van der Waals surface area (Å²) in [6, 6.07) is 9.46. The molecule has 0 aliphatic heterocycles. The largest absolute Gasteiger partial charge is 0.369 e. The van der Waals surface area contributed by atoms with Gasteiger partial charge in [0.2, 0.25) is 11.7 Å². The van der Waals surface area contributed by atoms with Crippen LogP contribution >= 0.6 is 0 Å². The quantitative estimate of drug-likeness (QED) is 0.871. The topological polar surface area (TPSA) is 74.2 Å². The van der Waals surface area contributed by atoms with Crippen LogP contribution in [0.25, 0.3) is 0 Å². The Kier molecular flexibility index (Phi) is 3.51. The number of aromatic nitrogens is 2. The van der Waals surface area contributed by atoms with Crippen LogP contribution in [0.15, 0.2) is 34.9 Å². The van der Waals surface area contributed by atoms with Crippen molar-refractivity contribution in [1.29, 1.82) is 0 Å². The van der Waals surface area contributed by atoms with Crippen LogP contribution in [-0.4, -0.2) is 17.3 Å². The summed E-state index contributed by atoms with van der Waals surface area (Å²) in [5, 5.41) is 3.89. The van der Waals surface area contributed by atoms with E-state index < -0.39 is 0 Å². The van der Waals surface area contributed by atoms with Crippen molar-refractivity contribution in [2.24, 2.45) is 5.73 Å². The number of nitrogens with two attached hydrogens (primary N) is 1. The smallest absolute Gasteiger partial charge is 0.243 e. The third kappa shape index (κ3) is 2.51. The molecule has 0 aliphatic rings. The summed E-state index contributed by atoms with van der Waals surface area (Å²) in [5.74, 6) is 0.906. The molecule has 2 atom stereocenters. The Hall–Kier alpha value is -1.72. The molecule has 0 bridgehead atoms. The average molecular weight is 233 g/mol. The second-order valence-electron chi connectivity index (χ2n) is 3.81. The van der Waals surface area contributed by atoms with Crippen LogP contribution < -0.4 is 5.73 Å². The summed E-state index contributed by atoms with van der Waals surface area (Å²) in [7, 11) is 1.61. The molecule has 1 aromatic carbocycles. The maximum atomic E-state index is 5.67. The first-order valence-electron chi connectivity index (χ1n) is 5.39. The molecule has 2 N–H and O–H groups in total. The van der Waals surface area contributed by atoms with Crippen LogP contribution in [0.1, 0.15) is 36.3 Å². The highest BCUT2D eigenvalue weighted by Crippen LogP contribution is 2.23. The van der Waals surface area contributed by atoms with Crippen LogP contribution in [0.4, 0.5) is 0 Å². The van der Waals surface area contributed by atoms with E-state index in [-0.39, 0.29) is 12.1 Å². The number of rotatable bonds is 4. The molecule has 5 heteroatoms. The summed E-state index contributed by atoms with van der Waals surface area (Å²) in [6.07, 6.45) is -0.326. The minimum absolute atomic E-state index is 0.274. The molecule has 0 radical (unpaired) electrons. The van der Waals surface area contributed by atoms with Crippen LogP contribution in [0.3, 0.4) is 0 Å². The van der Waals surface area contributed by atoms with E-state index in [1.54, 1.807) is 14.0 Å². The maximum absolute atomic E-state index is 5.67. The van der Waals surface area contributed by atoms with Gasteiger partial charge in [-0.3, -0.25) is 0 Å². The summed E-state index contributed by atoms with van der Waals surface area (Å²) < 4.78 is 10.5. The Labute approximate surface area is 99.6 Å². The average Bonchev–Trinajstić information content (AvgIpc) is 2.81. The molecule has 2 rings (SSSR count). The number of benzene rings is 1. The highest BCUT2D eigenvalue weighted by molar-refractivity contribution is 5.22. The minimum atomic E-state index is -0.326. The molecule has 90 valence electrons. The van der Waals surface area contributed by atoms with Gasteiger partial charge in [-0.1, -0.05) is 35.5 Å². The normalized spacial score (nSPS) is 14.5. The Morgan fingerprint density at radius 2 is 2.00 bits per heavy atom. The zero-order valence-corrected chi connectivity index (χ0v) is 9.83. The van der Waals surface area contributed by atoms with Crippen molar-refractivity contribution in [2.75, 3.05) is 7.11 Å². The lowest BCUT2D eigenvalue weighted by molar-refractivity contribution is 0.126. The molecular weight excluding hydrogens is 218 g/mol. The van der Waals surface area contributed by atoms with Crippen molar-refractivity contribution < 1.29 is 9.26 Å². The van der Waals surface area contributed by atoms with Crippen LogP contribution in [0.5, 0.6) is 0 Å². The SMILES string of the molecule is COC(c1ccccc1)c1noc(C(C)N)n1. The molecule has 0 amide bonds. The number of methoxy groups -OCH3 is 1. The van der Waals surface area contributed by atoms with E-state index in [1.165, 1.54) is 0 Å². The van der Waals surface area contributed by atoms with Crippen LogP contribution in [-0.2, 0) is 4.74 Å². The van der Waals surface area contributed by atoms with Gasteiger partial charge in [0, 0.05) is 7.11 Å². The summed E-state index contributed by atoms with van der Waals surface area (Å²) >= 11 is 0. The van der Waals surface area contributed by atoms with Crippen molar-refractivity contribution in [3.05, 3.63) is 47.6 Å². The second kappa shape index (κ2) is 5.07. The highest BCUT2D eigenvalue weighted by atomic mass is 16.5. The molecule has 17 heavy (non-hydrogen) atoms. The van der Waals surface area contributed by atoms with E-state index in [0.29, 0.717) is 11.7 Å². The van der Waals surface area contributed by atoms with Crippen molar-refractivity contribution in [3.8, 4) is 0 Å². The Morgan fingerprint density at radius 3 is 2.53 bits per heavy atom. The van der Waals surface area contributed by atoms with Gasteiger partial charge in [0.25, 0.3) is 0 Å². The lowest BCUT2D eigenvalue weighted by Gasteiger charge is -2.10. The third-order valence-corrected chi connectivity index (χ3v) is 2.42. The molecule has 1 aromatic heterocycles. The van der Waals surface area contributed by atoms with E-state index in [9.17, 15) is 0 Å². The zero-order chi connectivity index (χ0) is 12.3. The summed E-state index contributed by atoms with van der Waals surface area (Å²) in [6.45, 7) is 1.79. The number of hydrogen-bond donors (Lipinski definition) is 1. The monoisotopic (exact) mass is 233 g/mol. The van der Waals surface area contributed by atoms with E-state index in [2.05, 4.69) is 10.1 Å². The van der Waals surface area contributed by atoms with E-state index in [1.807, 2.05) is 30.3 Å². The zero-order valence-electron chi connectivity index (χ0n) is 9.83. The summed E-state index contributed by atoms with van der Waals surface area (Å²) in [4.78, 5) is 4.23. The van der Waals surface area contributed by atoms with Crippen molar-refractivity contribution in [2.45, 2.75) is 19.1 Å². The molecule has 2 unspecified atom stereocenters. The number of hydrogen-bond acceptors (Lipinski definition) is 5. The molecule has 1 heterocycles. The maximum Gasteiger partial charge on any atom is 0.243 e. The lowest BCUT2D eigenvalue weighted by Crippen LogP contribution is -2.08. The van der Waals surface area contributed by atoms with Gasteiger partial charge in [-0.2, -0.15) is 4.98 Å². The van der Waals surface area contributed by atoms with Crippen LogP contribution in [0.2, 0.25) is 0 Å². The van der Waals surface area contributed by atoms with Gasteiger partial charge >= 0.3 is 0 Å². The third-order valence-electron chi connectivity index (χ3n) is 2.42.